The van der Waals surface area contributed by atoms with Crippen molar-refractivity contribution in [3.05, 3.63) is 72.3 Å². The zero-order valence-electron chi connectivity index (χ0n) is 15.1. The summed E-state index contributed by atoms with van der Waals surface area (Å²) in [6.07, 6.45) is 1.43. The number of carbonyl (C=O) groups excluding carboxylic acids is 1. The summed E-state index contributed by atoms with van der Waals surface area (Å²) in [7, 11) is 0. The van der Waals surface area contributed by atoms with Gasteiger partial charge in [-0.3, -0.25) is 4.79 Å². The Balaban J connectivity index is 1.67. The molecule has 1 amide bonds. The van der Waals surface area contributed by atoms with E-state index in [-0.39, 0.29) is 11.5 Å². The molecule has 0 aliphatic heterocycles. The maximum Gasteiger partial charge on any atom is 0.277 e. The highest BCUT2D eigenvalue weighted by Gasteiger charge is 2.16. The number of hydrogen-bond acceptors (Lipinski definition) is 5. The highest BCUT2D eigenvalue weighted by atomic mass is 19.1. The second-order valence-electron chi connectivity index (χ2n) is 6.00. The van der Waals surface area contributed by atoms with Gasteiger partial charge >= 0.3 is 0 Å². The van der Waals surface area contributed by atoms with Crippen LogP contribution in [0.1, 0.15) is 17.4 Å². The van der Waals surface area contributed by atoms with Crippen LogP contribution in [0.3, 0.4) is 0 Å². The first-order valence-corrected chi connectivity index (χ1v) is 8.77. The van der Waals surface area contributed by atoms with Gasteiger partial charge < -0.3 is 10.6 Å². The molecule has 0 aliphatic rings. The molecule has 2 N–H and O–H groups in total. The van der Waals surface area contributed by atoms with Crippen LogP contribution >= 0.6 is 0 Å². The normalized spacial score (nSPS) is 10.8. The number of carbonyl (C=O) groups is 1. The summed E-state index contributed by atoms with van der Waals surface area (Å²) in [5.74, 6) is 0.277. The lowest BCUT2D eigenvalue weighted by Crippen LogP contribution is -2.16. The largest absolute Gasteiger partial charge is 0.370 e. The van der Waals surface area contributed by atoms with Crippen molar-refractivity contribution in [1.82, 2.24) is 19.6 Å². The lowest BCUT2D eigenvalue weighted by Gasteiger charge is -2.08. The van der Waals surface area contributed by atoms with E-state index in [4.69, 9.17) is 0 Å². The summed E-state index contributed by atoms with van der Waals surface area (Å²) in [6.45, 7) is 2.69. The molecule has 0 spiro atoms. The molecule has 0 radical (unpaired) electrons. The number of hydrogen-bond donors (Lipinski definition) is 2. The fourth-order valence-corrected chi connectivity index (χ4v) is 2.80. The van der Waals surface area contributed by atoms with Gasteiger partial charge in [-0.15, -0.1) is 0 Å². The Bertz CT molecular complexity index is 1160. The lowest BCUT2D eigenvalue weighted by atomic mass is 10.1. The van der Waals surface area contributed by atoms with E-state index in [0.717, 1.165) is 6.54 Å². The van der Waals surface area contributed by atoms with Gasteiger partial charge in [0.05, 0.1) is 11.9 Å². The molecule has 3 aromatic heterocycles. The Morgan fingerprint density at radius 2 is 1.89 bits per heavy atom. The minimum Gasteiger partial charge on any atom is -0.370 e. The lowest BCUT2D eigenvalue weighted by molar-refractivity contribution is 0.102. The van der Waals surface area contributed by atoms with Crippen molar-refractivity contribution in [2.24, 2.45) is 0 Å². The van der Waals surface area contributed by atoms with E-state index in [1.54, 1.807) is 42.5 Å². The van der Waals surface area contributed by atoms with Crippen molar-refractivity contribution in [1.29, 1.82) is 0 Å². The number of aromatic nitrogens is 4. The third-order valence-electron chi connectivity index (χ3n) is 4.09. The minimum atomic E-state index is -0.410. The first kappa shape index (κ1) is 17.6. The molecule has 0 bridgehead atoms. The van der Waals surface area contributed by atoms with Gasteiger partial charge in [-0.25, -0.2) is 18.9 Å². The van der Waals surface area contributed by atoms with Crippen LogP contribution in [0.4, 0.5) is 16.0 Å². The van der Waals surface area contributed by atoms with Gasteiger partial charge in [-0.2, -0.15) is 5.10 Å². The molecule has 7 nitrogen and oxygen atoms in total. The summed E-state index contributed by atoms with van der Waals surface area (Å²) >= 11 is 0. The van der Waals surface area contributed by atoms with E-state index < -0.39 is 5.91 Å². The minimum absolute atomic E-state index is 0.226. The number of anilines is 2. The van der Waals surface area contributed by atoms with E-state index in [9.17, 15) is 9.18 Å². The molecule has 1 aromatic carbocycles. The second-order valence-corrected chi connectivity index (χ2v) is 6.00. The molecule has 0 aliphatic carbocycles. The van der Waals surface area contributed by atoms with Crippen LogP contribution in [-0.4, -0.2) is 32.0 Å². The quantitative estimate of drug-likeness (QED) is 0.556. The fourth-order valence-electron chi connectivity index (χ4n) is 2.80. The van der Waals surface area contributed by atoms with Crippen LogP contribution in [0, 0.1) is 5.82 Å². The smallest absolute Gasteiger partial charge is 0.277 e. The first-order valence-electron chi connectivity index (χ1n) is 8.77. The van der Waals surface area contributed by atoms with Crippen LogP contribution in [-0.2, 0) is 0 Å². The number of nitrogens with one attached hydrogen (secondary N) is 2. The molecule has 0 fully saturated rings. The van der Waals surface area contributed by atoms with Crippen LogP contribution in [0.15, 0.2) is 60.8 Å². The van der Waals surface area contributed by atoms with Gasteiger partial charge in [-0.1, -0.05) is 18.2 Å². The first-order chi connectivity index (χ1) is 13.7. The Hall–Kier alpha value is -3.81. The van der Waals surface area contributed by atoms with E-state index >= 15 is 0 Å². The highest BCUT2D eigenvalue weighted by Crippen LogP contribution is 2.21. The molecule has 140 valence electrons. The number of benzene rings is 1. The van der Waals surface area contributed by atoms with Crippen molar-refractivity contribution in [3.63, 3.8) is 0 Å². The number of halogens is 1. The van der Waals surface area contributed by atoms with E-state index in [2.05, 4.69) is 25.7 Å². The van der Waals surface area contributed by atoms with Gasteiger partial charge in [0.15, 0.2) is 11.3 Å². The van der Waals surface area contributed by atoms with E-state index in [0.29, 0.717) is 28.5 Å². The van der Waals surface area contributed by atoms with E-state index in [1.165, 1.54) is 16.8 Å². The summed E-state index contributed by atoms with van der Waals surface area (Å²) in [5, 5.41) is 10.2. The van der Waals surface area contributed by atoms with Crippen LogP contribution in [0.25, 0.3) is 16.9 Å². The molecule has 0 saturated carbocycles. The zero-order chi connectivity index (χ0) is 19.5. The van der Waals surface area contributed by atoms with Crippen molar-refractivity contribution in [2.75, 3.05) is 17.2 Å². The Morgan fingerprint density at radius 1 is 1.07 bits per heavy atom. The maximum absolute atomic E-state index is 14.1. The number of nitrogens with zero attached hydrogens (tertiary/aromatic N) is 4. The van der Waals surface area contributed by atoms with Crippen LogP contribution in [0.2, 0.25) is 0 Å². The third kappa shape index (κ3) is 3.39. The summed E-state index contributed by atoms with van der Waals surface area (Å²) < 4.78 is 15.5. The van der Waals surface area contributed by atoms with Crippen molar-refractivity contribution in [2.45, 2.75) is 6.92 Å². The Kier molecular flexibility index (Phi) is 4.67. The predicted molar refractivity (Wildman–Crippen MR) is 105 cm³/mol. The molecule has 0 unspecified atom stereocenters. The van der Waals surface area contributed by atoms with E-state index in [1.807, 2.05) is 13.0 Å². The summed E-state index contributed by atoms with van der Waals surface area (Å²) in [6, 6.07) is 15.0. The zero-order valence-corrected chi connectivity index (χ0v) is 15.1. The average Bonchev–Trinajstić information content (AvgIpc) is 3.12. The van der Waals surface area contributed by atoms with Crippen LogP contribution in [0.5, 0.6) is 0 Å². The SMILES string of the molecule is CCNc1cccc(NC(=O)c2cnc3ccc(-c4ccccc4F)nn23)n1. The molecule has 8 heteroatoms. The van der Waals surface area contributed by atoms with Crippen molar-refractivity contribution < 1.29 is 9.18 Å². The Morgan fingerprint density at radius 3 is 2.71 bits per heavy atom. The maximum atomic E-state index is 14.1. The standard InChI is InChI=1S/C20H17FN6O/c1-2-22-17-8-5-9-18(24-17)25-20(28)16-12-23-19-11-10-15(26-27(16)19)13-6-3-4-7-14(13)21/h3-12H,2H2,1H3,(H2,22,24,25,28). The number of rotatable bonds is 5. The molecule has 0 atom stereocenters. The monoisotopic (exact) mass is 376 g/mol. The molecule has 0 saturated heterocycles. The van der Waals surface area contributed by atoms with Gasteiger partial charge in [-0.05, 0) is 43.3 Å². The van der Waals surface area contributed by atoms with Gasteiger partial charge in [0, 0.05) is 12.1 Å². The highest BCUT2D eigenvalue weighted by molar-refractivity contribution is 6.03. The number of amides is 1. The second kappa shape index (κ2) is 7.43. The number of fused-ring (bicyclic) bond motifs is 1. The predicted octanol–water partition coefficient (Wildman–Crippen LogP) is 3.61. The summed E-state index contributed by atoms with van der Waals surface area (Å²) in [5.41, 5.74) is 1.47. The van der Waals surface area contributed by atoms with Gasteiger partial charge in [0.1, 0.15) is 17.5 Å². The van der Waals surface area contributed by atoms with Crippen molar-refractivity contribution in [3.8, 4) is 11.3 Å². The number of imidazole rings is 1. The van der Waals surface area contributed by atoms with Gasteiger partial charge in [0.2, 0.25) is 0 Å². The Labute approximate surface area is 160 Å². The van der Waals surface area contributed by atoms with Crippen molar-refractivity contribution >= 4 is 23.2 Å². The molecule has 3 heterocycles. The molecule has 4 aromatic rings. The molecular weight excluding hydrogens is 359 g/mol. The van der Waals surface area contributed by atoms with Gasteiger partial charge in [0.25, 0.3) is 5.91 Å². The third-order valence-corrected chi connectivity index (χ3v) is 4.09. The molecule has 4 rings (SSSR count). The van der Waals surface area contributed by atoms with Crippen LogP contribution < -0.4 is 10.6 Å². The molecular formula is C20H17FN6O. The topological polar surface area (TPSA) is 84.2 Å². The molecule has 28 heavy (non-hydrogen) atoms. The summed E-state index contributed by atoms with van der Waals surface area (Å²) in [4.78, 5) is 21.3. The fraction of sp³-hybridized carbons (Fsp3) is 0.100. The number of pyridine rings is 1. The average molecular weight is 376 g/mol.